The van der Waals surface area contributed by atoms with Crippen LogP contribution in [0.1, 0.15) is 5.56 Å². The van der Waals surface area contributed by atoms with Crippen LogP contribution in [0.15, 0.2) is 72.4 Å². The molecule has 32 heavy (non-hydrogen) atoms. The van der Waals surface area contributed by atoms with E-state index < -0.39 is 34.9 Å². The van der Waals surface area contributed by atoms with Crippen LogP contribution in [-0.4, -0.2) is 32.2 Å². The van der Waals surface area contributed by atoms with E-state index in [0.717, 1.165) is 18.2 Å². The van der Waals surface area contributed by atoms with Crippen LogP contribution in [-0.2, 0) is 19.9 Å². The number of para-hydroxylation sites is 2. The summed E-state index contributed by atoms with van der Waals surface area (Å²) in [5, 5.41) is 14.5. The molecule has 0 saturated carbocycles. The minimum Gasteiger partial charge on any atom is -0.835 e. The third kappa shape index (κ3) is 3.04. The van der Waals surface area contributed by atoms with Gasteiger partial charge in [-0.1, -0.05) is 30.3 Å². The first kappa shape index (κ1) is 21.5. The molecule has 4 rings (SSSR count). The van der Waals surface area contributed by atoms with Crippen LogP contribution in [0.4, 0.5) is 18.9 Å². The molecule has 164 valence electrons. The van der Waals surface area contributed by atoms with Gasteiger partial charge in [-0.3, -0.25) is 4.79 Å². The molecule has 1 aromatic heterocycles. The summed E-state index contributed by atoms with van der Waals surface area (Å²) < 4.78 is 49.0. The fourth-order valence-electron chi connectivity index (χ4n) is 4.03. The number of fused-ring (bicyclic) bond motifs is 2. The van der Waals surface area contributed by atoms with Crippen molar-refractivity contribution in [1.82, 2.24) is 0 Å². The second-order valence-electron chi connectivity index (χ2n) is 7.21. The first-order valence-electron chi connectivity index (χ1n) is 9.50. The van der Waals surface area contributed by atoms with Gasteiger partial charge in [-0.15, -0.1) is 0 Å². The van der Waals surface area contributed by atoms with Crippen molar-refractivity contribution in [3.8, 4) is 0 Å². The summed E-state index contributed by atoms with van der Waals surface area (Å²) in [6.07, 6.45) is -4.08. The molecule has 9 heteroatoms. The molecule has 6 nitrogen and oxygen atoms in total. The summed E-state index contributed by atoms with van der Waals surface area (Å²) >= 11 is 0. The number of methoxy groups -OCH3 is 1. The lowest BCUT2D eigenvalue weighted by atomic mass is 9.85. The number of amides is 1. The molecule has 2 aromatic carbocycles. The molecule has 1 amide bonds. The Hall–Kier alpha value is -3.72. The van der Waals surface area contributed by atoms with Gasteiger partial charge in [-0.2, -0.15) is 17.7 Å². The van der Waals surface area contributed by atoms with Crippen molar-refractivity contribution in [2.75, 3.05) is 19.1 Å². The van der Waals surface area contributed by atoms with Crippen molar-refractivity contribution < 1.29 is 37.2 Å². The Bertz CT molecular complexity index is 1280. The summed E-state index contributed by atoms with van der Waals surface area (Å²) in [5.74, 6) is -2.74. The molecular formula is C23H17F3N2O4. The van der Waals surface area contributed by atoms with Crippen LogP contribution in [0.25, 0.3) is 16.6 Å². The molecule has 0 fully saturated rings. The van der Waals surface area contributed by atoms with Gasteiger partial charge in [0.15, 0.2) is 6.20 Å². The molecule has 3 aromatic rings. The number of hydrogen-bond donors (Lipinski definition) is 0. The fourth-order valence-corrected chi connectivity index (χ4v) is 4.03. The van der Waals surface area contributed by atoms with Crippen LogP contribution < -0.4 is 14.6 Å². The van der Waals surface area contributed by atoms with Crippen LogP contribution in [0.5, 0.6) is 0 Å². The van der Waals surface area contributed by atoms with E-state index in [2.05, 4.69) is 4.74 Å². The largest absolute Gasteiger partial charge is 0.835 e. The number of benzene rings is 2. The Morgan fingerprint density at radius 1 is 1.06 bits per heavy atom. The van der Waals surface area contributed by atoms with Gasteiger partial charge in [0, 0.05) is 35.9 Å². The number of hydrogen-bond acceptors (Lipinski definition) is 4. The Kier molecular flexibility index (Phi) is 5.01. The number of aromatic nitrogens is 1. The number of anilines is 1. The lowest BCUT2D eigenvalue weighted by molar-refractivity contribution is -0.571. The van der Waals surface area contributed by atoms with Crippen molar-refractivity contribution in [3.05, 3.63) is 78.0 Å². The van der Waals surface area contributed by atoms with Gasteiger partial charge in [0.25, 0.3) is 0 Å². The van der Waals surface area contributed by atoms with Gasteiger partial charge < -0.3 is 14.7 Å². The van der Waals surface area contributed by atoms with Crippen LogP contribution in [0.2, 0.25) is 0 Å². The molecule has 1 aliphatic rings. The van der Waals surface area contributed by atoms with E-state index in [1.165, 1.54) is 43.4 Å². The molecule has 0 N–H and O–H groups in total. The Morgan fingerprint density at radius 3 is 2.38 bits per heavy atom. The molecule has 0 radical (unpaired) electrons. The molecular weight excluding hydrogens is 425 g/mol. The van der Waals surface area contributed by atoms with E-state index in [1.54, 1.807) is 24.3 Å². The number of halogens is 3. The van der Waals surface area contributed by atoms with E-state index >= 15 is 0 Å². The van der Waals surface area contributed by atoms with Crippen LogP contribution in [0.3, 0.4) is 0 Å². The van der Waals surface area contributed by atoms with Gasteiger partial charge in [-0.25, -0.2) is 4.79 Å². The highest BCUT2D eigenvalue weighted by atomic mass is 19.4. The maximum absolute atomic E-state index is 14.6. The van der Waals surface area contributed by atoms with Crippen molar-refractivity contribution in [2.24, 2.45) is 0 Å². The van der Waals surface area contributed by atoms with E-state index in [1.807, 2.05) is 0 Å². The predicted molar refractivity (Wildman–Crippen MR) is 107 cm³/mol. The number of esters is 1. The van der Waals surface area contributed by atoms with Crippen molar-refractivity contribution >= 4 is 34.2 Å². The zero-order valence-electron chi connectivity index (χ0n) is 17.0. The second kappa shape index (κ2) is 7.45. The maximum atomic E-state index is 14.6. The third-order valence-electron chi connectivity index (χ3n) is 5.45. The molecule has 2 heterocycles. The third-order valence-corrected chi connectivity index (χ3v) is 5.45. The highest BCUT2D eigenvalue weighted by molar-refractivity contribution is 6.15. The number of alkyl halides is 3. The molecule has 0 spiro atoms. The van der Waals surface area contributed by atoms with Crippen molar-refractivity contribution in [3.63, 3.8) is 0 Å². The Balaban J connectivity index is 2.18. The second-order valence-corrected chi connectivity index (χ2v) is 7.21. The van der Waals surface area contributed by atoms with Gasteiger partial charge in [0.2, 0.25) is 11.4 Å². The first-order chi connectivity index (χ1) is 15.1. The number of allylic oxidation sites excluding steroid dienone is 1. The number of carbonyl (C=O) groups is 2. The molecule has 1 atom stereocenters. The van der Waals surface area contributed by atoms with Gasteiger partial charge in [0.05, 0.1) is 7.11 Å². The van der Waals surface area contributed by atoms with Gasteiger partial charge >= 0.3 is 17.8 Å². The quantitative estimate of drug-likeness (QED) is 0.355. The molecule has 0 saturated heterocycles. The van der Waals surface area contributed by atoms with E-state index in [4.69, 9.17) is 0 Å². The zero-order valence-corrected chi connectivity index (χ0v) is 17.0. The summed E-state index contributed by atoms with van der Waals surface area (Å²) in [6.45, 7) is 0. The zero-order chi connectivity index (χ0) is 23.3. The summed E-state index contributed by atoms with van der Waals surface area (Å²) in [6, 6.07) is 14.8. The smallest absolute Gasteiger partial charge is 0.478 e. The normalized spacial score (nSPS) is 19.1. The number of pyridine rings is 1. The van der Waals surface area contributed by atoms with E-state index in [9.17, 15) is 27.9 Å². The number of carbonyl (C=O) groups excluding carboxylic acids is 2. The minimum atomic E-state index is -5.17. The number of likely N-dealkylation sites (N-methyl/N-ethyl adjacent to an activating group) is 1. The number of nitrogens with zero attached hydrogens (tertiary/aromatic N) is 2. The SMILES string of the molecule is COC(=O)/C(=C(/[n+]1cccc2ccccc21)C(F)(F)F)[C@]1([O-])C(=O)N(C)c2ccccc21. The predicted octanol–water partition coefficient (Wildman–Crippen LogP) is 2.31. The maximum Gasteiger partial charge on any atom is 0.478 e. The molecule has 0 bridgehead atoms. The topological polar surface area (TPSA) is 73.5 Å². The van der Waals surface area contributed by atoms with Crippen LogP contribution >= 0.6 is 0 Å². The lowest BCUT2D eigenvalue weighted by Crippen LogP contribution is -2.56. The number of ether oxygens (including phenoxy) is 1. The molecule has 0 unspecified atom stereocenters. The molecule has 1 aliphatic heterocycles. The highest BCUT2D eigenvalue weighted by Crippen LogP contribution is 2.45. The highest BCUT2D eigenvalue weighted by Gasteiger charge is 2.56. The Labute approximate surface area is 180 Å². The van der Waals surface area contributed by atoms with E-state index in [-0.39, 0.29) is 16.8 Å². The summed E-state index contributed by atoms with van der Waals surface area (Å²) in [4.78, 5) is 26.8. The minimum absolute atomic E-state index is 0.0967. The van der Waals surface area contributed by atoms with Gasteiger partial charge in [0.1, 0.15) is 5.57 Å². The monoisotopic (exact) mass is 442 g/mol. The van der Waals surface area contributed by atoms with Gasteiger partial charge in [-0.05, 0) is 23.8 Å². The van der Waals surface area contributed by atoms with E-state index in [0.29, 0.717) is 9.95 Å². The first-order valence-corrected chi connectivity index (χ1v) is 9.50. The lowest BCUT2D eigenvalue weighted by Gasteiger charge is -2.35. The molecule has 0 aliphatic carbocycles. The Morgan fingerprint density at radius 2 is 1.69 bits per heavy atom. The average molecular weight is 442 g/mol. The van der Waals surface area contributed by atoms with Crippen molar-refractivity contribution in [1.29, 1.82) is 0 Å². The fraction of sp³-hybridized carbons (Fsp3) is 0.174. The summed E-state index contributed by atoms with van der Waals surface area (Å²) in [5.41, 5.74) is -6.09. The van der Waals surface area contributed by atoms with Crippen molar-refractivity contribution in [2.45, 2.75) is 11.8 Å². The standard InChI is InChI=1S/C23H17F3N2O4/c1-27-17-12-6-4-10-15(17)22(31,21(27)30)18(20(29)32-2)19(23(24,25)26)28-13-7-9-14-8-3-5-11-16(14)28/h3-13H,1-2H3/b19-18-/t22-/m0/s1. The summed E-state index contributed by atoms with van der Waals surface area (Å²) in [7, 11) is 2.14. The average Bonchev–Trinajstić information content (AvgIpc) is 2.98. The number of rotatable bonds is 3. The van der Waals surface area contributed by atoms with Crippen LogP contribution in [0, 0.1) is 0 Å².